The second kappa shape index (κ2) is 4.97. The molecule has 1 fully saturated rings. The van der Waals surface area contributed by atoms with Crippen LogP contribution in [0.4, 0.5) is 0 Å². The van der Waals surface area contributed by atoms with Crippen LogP contribution in [0.2, 0.25) is 5.02 Å². The molecule has 0 saturated carbocycles. The number of ether oxygens (including phenoxy) is 1. The van der Waals surface area contributed by atoms with Gasteiger partial charge in [-0.2, -0.15) is 0 Å². The topological polar surface area (TPSA) is 29.5 Å². The van der Waals surface area contributed by atoms with Crippen molar-refractivity contribution in [3.63, 3.8) is 0 Å². The second-order valence-corrected chi connectivity index (χ2v) is 4.39. The fraction of sp³-hybridized carbons (Fsp3) is 0.500. The van der Waals surface area contributed by atoms with Crippen LogP contribution in [0.1, 0.15) is 12.0 Å². The first-order chi connectivity index (χ1) is 7.27. The molecule has 0 amide bonds. The van der Waals surface area contributed by atoms with Crippen LogP contribution in [-0.2, 0) is 11.2 Å². The highest BCUT2D eigenvalue weighted by Gasteiger charge is 2.24. The largest absolute Gasteiger partial charge is 0.392 e. The van der Waals surface area contributed by atoms with Gasteiger partial charge in [0.05, 0.1) is 12.7 Å². The van der Waals surface area contributed by atoms with E-state index in [2.05, 4.69) is 0 Å². The average molecular weight is 227 g/mol. The molecule has 1 aromatic carbocycles. The fourth-order valence-corrected chi connectivity index (χ4v) is 2.13. The summed E-state index contributed by atoms with van der Waals surface area (Å²) in [5.41, 5.74) is 1.01. The van der Waals surface area contributed by atoms with E-state index in [0.29, 0.717) is 13.0 Å². The standard InChI is InChI=1S/C12H15ClO2/c13-11-4-2-1-3-9(11)7-12(14)10-5-6-15-8-10/h1-4,10,12,14H,5-8H2. The maximum absolute atomic E-state index is 9.99. The van der Waals surface area contributed by atoms with Crippen molar-refractivity contribution < 1.29 is 9.84 Å². The molecular weight excluding hydrogens is 212 g/mol. The lowest BCUT2D eigenvalue weighted by atomic mass is 9.95. The van der Waals surface area contributed by atoms with Crippen molar-refractivity contribution in [1.82, 2.24) is 0 Å². The summed E-state index contributed by atoms with van der Waals surface area (Å²) >= 11 is 6.03. The molecule has 0 aromatic heterocycles. The minimum atomic E-state index is -0.340. The van der Waals surface area contributed by atoms with Crippen molar-refractivity contribution >= 4 is 11.6 Å². The van der Waals surface area contributed by atoms with Crippen molar-refractivity contribution in [2.24, 2.45) is 5.92 Å². The molecule has 0 aliphatic carbocycles. The Kier molecular flexibility index (Phi) is 3.62. The molecule has 3 heteroatoms. The Hall–Kier alpha value is -0.570. The zero-order chi connectivity index (χ0) is 10.7. The van der Waals surface area contributed by atoms with E-state index in [-0.39, 0.29) is 12.0 Å². The summed E-state index contributed by atoms with van der Waals surface area (Å²) in [4.78, 5) is 0. The first-order valence-corrected chi connectivity index (χ1v) is 5.64. The van der Waals surface area contributed by atoms with Crippen molar-refractivity contribution in [2.75, 3.05) is 13.2 Å². The number of aliphatic hydroxyl groups excluding tert-OH is 1. The smallest absolute Gasteiger partial charge is 0.0632 e. The molecule has 1 heterocycles. The van der Waals surface area contributed by atoms with Gasteiger partial charge in [0.25, 0.3) is 0 Å². The Morgan fingerprint density at radius 3 is 2.93 bits per heavy atom. The number of halogens is 1. The Labute approximate surface area is 94.8 Å². The monoisotopic (exact) mass is 226 g/mol. The fourth-order valence-electron chi connectivity index (χ4n) is 1.91. The van der Waals surface area contributed by atoms with Crippen LogP contribution >= 0.6 is 11.6 Å². The van der Waals surface area contributed by atoms with Crippen molar-refractivity contribution in [2.45, 2.75) is 18.9 Å². The van der Waals surface area contributed by atoms with Crippen LogP contribution < -0.4 is 0 Å². The van der Waals surface area contributed by atoms with E-state index >= 15 is 0 Å². The van der Waals surface area contributed by atoms with Crippen LogP contribution in [0.5, 0.6) is 0 Å². The molecule has 15 heavy (non-hydrogen) atoms. The van der Waals surface area contributed by atoms with E-state index in [1.165, 1.54) is 0 Å². The van der Waals surface area contributed by atoms with E-state index in [1.807, 2.05) is 24.3 Å². The van der Waals surface area contributed by atoms with E-state index < -0.39 is 0 Å². The van der Waals surface area contributed by atoms with E-state index in [1.54, 1.807) is 0 Å². The third-order valence-electron chi connectivity index (χ3n) is 2.90. The Morgan fingerprint density at radius 2 is 2.27 bits per heavy atom. The van der Waals surface area contributed by atoms with Crippen LogP contribution in [-0.4, -0.2) is 24.4 Å². The van der Waals surface area contributed by atoms with Gasteiger partial charge in [-0.05, 0) is 18.1 Å². The number of hydrogen-bond acceptors (Lipinski definition) is 2. The minimum Gasteiger partial charge on any atom is -0.392 e. The summed E-state index contributed by atoms with van der Waals surface area (Å²) in [5.74, 6) is 0.265. The summed E-state index contributed by atoms with van der Waals surface area (Å²) in [6, 6.07) is 7.66. The normalized spacial score (nSPS) is 22.9. The zero-order valence-corrected chi connectivity index (χ0v) is 9.28. The molecule has 1 aromatic rings. The predicted octanol–water partition coefficient (Wildman–Crippen LogP) is 2.28. The summed E-state index contributed by atoms with van der Waals surface area (Å²) in [7, 11) is 0. The Morgan fingerprint density at radius 1 is 1.47 bits per heavy atom. The highest BCUT2D eigenvalue weighted by atomic mass is 35.5. The lowest BCUT2D eigenvalue weighted by Gasteiger charge is -2.16. The average Bonchev–Trinajstić information content (AvgIpc) is 2.74. The van der Waals surface area contributed by atoms with Gasteiger partial charge in [-0.3, -0.25) is 0 Å². The zero-order valence-electron chi connectivity index (χ0n) is 8.53. The summed E-state index contributed by atoms with van der Waals surface area (Å²) in [6.07, 6.45) is 1.23. The molecule has 1 saturated heterocycles. The van der Waals surface area contributed by atoms with Crippen LogP contribution in [0, 0.1) is 5.92 Å². The van der Waals surface area contributed by atoms with Gasteiger partial charge >= 0.3 is 0 Å². The van der Waals surface area contributed by atoms with Crippen LogP contribution in [0.25, 0.3) is 0 Å². The highest BCUT2D eigenvalue weighted by molar-refractivity contribution is 6.31. The predicted molar refractivity (Wildman–Crippen MR) is 60.1 cm³/mol. The highest BCUT2D eigenvalue weighted by Crippen LogP contribution is 2.23. The van der Waals surface area contributed by atoms with Crippen molar-refractivity contribution in [1.29, 1.82) is 0 Å². The quantitative estimate of drug-likeness (QED) is 0.857. The summed E-state index contributed by atoms with van der Waals surface area (Å²) in [6.45, 7) is 1.44. The van der Waals surface area contributed by atoms with Crippen molar-refractivity contribution in [3.05, 3.63) is 34.9 Å². The van der Waals surface area contributed by atoms with E-state index in [4.69, 9.17) is 16.3 Å². The van der Waals surface area contributed by atoms with E-state index in [9.17, 15) is 5.11 Å². The lowest BCUT2D eigenvalue weighted by molar-refractivity contribution is 0.0919. The van der Waals surface area contributed by atoms with Gasteiger partial charge < -0.3 is 9.84 Å². The first-order valence-electron chi connectivity index (χ1n) is 5.26. The van der Waals surface area contributed by atoms with Gasteiger partial charge in [0.2, 0.25) is 0 Å². The van der Waals surface area contributed by atoms with Crippen LogP contribution in [0.15, 0.2) is 24.3 Å². The molecule has 1 N–H and O–H groups in total. The molecule has 2 rings (SSSR count). The number of hydrogen-bond donors (Lipinski definition) is 1. The molecule has 0 radical (unpaired) electrons. The van der Waals surface area contributed by atoms with Crippen molar-refractivity contribution in [3.8, 4) is 0 Å². The molecule has 82 valence electrons. The van der Waals surface area contributed by atoms with Gasteiger partial charge in [-0.25, -0.2) is 0 Å². The number of aliphatic hydroxyl groups is 1. The Bertz CT molecular complexity index is 321. The molecule has 2 nitrogen and oxygen atoms in total. The maximum atomic E-state index is 9.99. The second-order valence-electron chi connectivity index (χ2n) is 3.99. The lowest BCUT2D eigenvalue weighted by Crippen LogP contribution is -2.23. The van der Waals surface area contributed by atoms with Gasteiger partial charge in [-0.15, -0.1) is 0 Å². The van der Waals surface area contributed by atoms with Gasteiger partial charge in [0.15, 0.2) is 0 Å². The molecule has 0 bridgehead atoms. The molecule has 0 spiro atoms. The maximum Gasteiger partial charge on any atom is 0.0632 e. The molecular formula is C12H15ClO2. The first kappa shape index (κ1) is 10.9. The van der Waals surface area contributed by atoms with Crippen LogP contribution in [0.3, 0.4) is 0 Å². The molecule has 1 aliphatic rings. The van der Waals surface area contributed by atoms with Gasteiger partial charge in [0, 0.05) is 24.0 Å². The summed E-state index contributed by atoms with van der Waals surface area (Å²) < 4.78 is 5.25. The van der Waals surface area contributed by atoms with Gasteiger partial charge in [-0.1, -0.05) is 29.8 Å². The number of rotatable bonds is 3. The SMILES string of the molecule is OC(Cc1ccccc1Cl)C1CCOC1. The summed E-state index contributed by atoms with van der Waals surface area (Å²) in [5, 5.41) is 10.7. The number of benzene rings is 1. The third kappa shape index (κ3) is 2.71. The molecule has 1 aliphatic heterocycles. The molecule has 2 atom stereocenters. The van der Waals surface area contributed by atoms with Gasteiger partial charge in [0.1, 0.15) is 0 Å². The minimum absolute atomic E-state index is 0.265. The Balaban J connectivity index is 1.99. The van der Waals surface area contributed by atoms with E-state index in [0.717, 1.165) is 23.6 Å². The third-order valence-corrected chi connectivity index (χ3v) is 3.26. The molecule has 2 unspecified atom stereocenters.